The van der Waals surface area contributed by atoms with Crippen LogP contribution in [0.5, 0.6) is 0 Å². The van der Waals surface area contributed by atoms with Crippen molar-refractivity contribution < 1.29 is 4.79 Å². The molecule has 0 spiro atoms. The van der Waals surface area contributed by atoms with E-state index in [1.807, 2.05) is 23.6 Å². The van der Waals surface area contributed by atoms with E-state index in [1.165, 1.54) is 24.2 Å². The Labute approximate surface area is 122 Å². The zero-order valence-corrected chi connectivity index (χ0v) is 12.0. The molecule has 2 aromatic heterocycles. The van der Waals surface area contributed by atoms with Crippen LogP contribution in [0.2, 0.25) is 0 Å². The van der Waals surface area contributed by atoms with Crippen LogP contribution in [-0.2, 0) is 11.2 Å². The zero-order valence-electron chi connectivity index (χ0n) is 11.2. The SMILES string of the molecule is O=C(Cc1csc(-c2ccccn2)n1)NC1CCCC1. The molecular formula is C15H17N3OS. The van der Waals surface area contributed by atoms with Crippen molar-refractivity contribution in [2.75, 3.05) is 0 Å². The summed E-state index contributed by atoms with van der Waals surface area (Å²) in [6.45, 7) is 0. The second-order valence-electron chi connectivity index (χ2n) is 5.08. The van der Waals surface area contributed by atoms with Gasteiger partial charge in [-0.3, -0.25) is 9.78 Å². The summed E-state index contributed by atoms with van der Waals surface area (Å²) in [6.07, 6.45) is 6.80. The second-order valence-corrected chi connectivity index (χ2v) is 5.94. The van der Waals surface area contributed by atoms with Gasteiger partial charge >= 0.3 is 0 Å². The minimum Gasteiger partial charge on any atom is -0.353 e. The topological polar surface area (TPSA) is 54.9 Å². The summed E-state index contributed by atoms with van der Waals surface area (Å²) < 4.78 is 0. The lowest BCUT2D eigenvalue weighted by Gasteiger charge is -2.10. The minimum atomic E-state index is 0.0785. The van der Waals surface area contributed by atoms with Gasteiger partial charge in [0.05, 0.1) is 17.8 Å². The monoisotopic (exact) mass is 287 g/mol. The number of carbonyl (C=O) groups excluding carboxylic acids is 1. The van der Waals surface area contributed by atoms with Crippen molar-refractivity contribution in [2.24, 2.45) is 0 Å². The van der Waals surface area contributed by atoms with Crippen LogP contribution in [0.25, 0.3) is 10.7 Å². The third-order valence-electron chi connectivity index (χ3n) is 3.50. The summed E-state index contributed by atoms with van der Waals surface area (Å²) >= 11 is 1.53. The lowest BCUT2D eigenvalue weighted by molar-refractivity contribution is -0.121. The van der Waals surface area contributed by atoms with Gasteiger partial charge in [-0.15, -0.1) is 11.3 Å². The molecule has 1 amide bonds. The standard InChI is InChI=1S/C15H17N3OS/c19-14(17-11-5-1-2-6-11)9-12-10-20-15(18-12)13-7-3-4-8-16-13/h3-4,7-8,10-11H,1-2,5-6,9H2,(H,17,19). The van der Waals surface area contributed by atoms with Gasteiger partial charge in [-0.1, -0.05) is 18.9 Å². The number of carbonyl (C=O) groups is 1. The summed E-state index contributed by atoms with van der Waals surface area (Å²) in [4.78, 5) is 20.7. The van der Waals surface area contributed by atoms with Crippen molar-refractivity contribution in [3.63, 3.8) is 0 Å². The number of hydrogen-bond donors (Lipinski definition) is 1. The van der Waals surface area contributed by atoms with E-state index < -0.39 is 0 Å². The molecule has 0 aliphatic heterocycles. The van der Waals surface area contributed by atoms with Crippen LogP contribution in [-0.4, -0.2) is 21.9 Å². The smallest absolute Gasteiger partial charge is 0.226 e. The Morgan fingerprint density at radius 3 is 2.95 bits per heavy atom. The first-order chi connectivity index (χ1) is 9.81. The van der Waals surface area contributed by atoms with Gasteiger partial charge in [0, 0.05) is 17.6 Å². The van der Waals surface area contributed by atoms with E-state index in [1.54, 1.807) is 6.20 Å². The molecule has 1 saturated carbocycles. The maximum Gasteiger partial charge on any atom is 0.226 e. The molecule has 1 N–H and O–H groups in total. The predicted octanol–water partition coefficient (Wildman–Crippen LogP) is 2.81. The molecule has 0 unspecified atom stereocenters. The van der Waals surface area contributed by atoms with Crippen LogP contribution in [0.15, 0.2) is 29.8 Å². The number of aromatic nitrogens is 2. The number of rotatable bonds is 4. The second kappa shape index (κ2) is 6.13. The highest BCUT2D eigenvalue weighted by Gasteiger charge is 2.17. The highest BCUT2D eigenvalue weighted by atomic mass is 32.1. The Morgan fingerprint density at radius 1 is 1.35 bits per heavy atom. The van der Waals surface area contributed by atoms with Gasteiger partial charge in [-0.2, -0.15) is 0 Å². The first-order valence-electron chi connectivity index (χ1n) is 6.96. The summed E-state index contributed by atoms with van der Waals surface area (Å²) in [5.41, 5.74) is 1.69. The van der Waals surface area contributed by atoms with Crippen molar-refractivity contribution in [3.8, 4) is 10.7 Å². The molecule has 2 aromatic rings. The van der Waals surface area contributed by atoms with Crippen molar-refractivity contribution >= 4 is 17.2 Å². The van der Waals surface area contributed by atoms with Gasteiger partial charge in [0.25, 0.3) is 0 Å². The quantitative estimate of drug-likeness (QED) is 0.940. The average Bonchev–Trinajstić information content (AvgIpc) is 3.11. The van der Waals surface area contributed by atoms with Crippen molar-refractivity contribution in [3.05, 3.63) is 35.5 Å². The zero-order chi connectivity index (χ0) is 13.8. The molecule has 0 atom stereocenters. The number of thiazole rings is 1. The lowest BCUT2D eigenvalue weighted by atomic mass is 10.2. The Morgan fingerprint density at radius 2 is 2.20 bits per heavy atom. The molecule has 0 saturated heterocycles. The number of pyridine rings is 1. The number of amides is 1. The van der Waals surface area contributed by atoms with E-state index in [0.717, 1.165) is 29.2 Å². The number of hydrogen-bond acceptors (Lipinski definition) is 4. The summed E-state index contributed by atoms with van der Waals surface area (Å²) in [5, 5.41) is 5.90. The fourth-order valence-electron chi connectivity index (χ4n) is 2.51. The molecule has 0 aromatic carbocycles. The highest BCUT2D eigenvalue weighted by molar-refractivity contribution is 7.13. The fourth-order valence-corrected chi connectivity index (χ4v) is 3.30. The molecule has 1 aliphatic rings. The van der Waals surface area contributed by atoms with Crippen LogP contribution in [0.4, 0.5) is 0 Å². The normalized spacial score (nSPS) is 15.4. The third-order valence-corrected chi connectivity index (χ3v) is 4.41. The Kier molecular flexibility index (Phi) is 4.06. The van der Waals surface area contributed by atoms with Crippen LogP contribution in [0.3, 0.4) is 0 Å². The molecule has 3 rings (SSSR count). The first-order valence-corrected chi connectivity index (χ1v) is 7.84. The highest BCUT2D eigenvalue weighted by Crippen LogP contribution is 2.22. The van der Waals surface area contributed by atoms with Gasteiger partial charge in [0.1, 0.15) is 5.01 Å². The molecule has 2 heterocycles. The number of nitrogens with zero attached hydrogens (tertiary/aromatic N) is 2. The van der Waals surface area contributed by atoms with Crippen LogP contribution in [0, 0.1) is 0 Å². The Balaban J connectivity index is 1.61. The molecule has 0 bridgehead atoms. The number of nitrogens with one attached hydrogen (secondary N) is 1. The molecule has 5 heteroatoms. The predicted molar refractivity (Wildman–Crippen MR) is 79.4 cm³/mol. The van der Waals surface area contributed by atoms with Gasteiger partial charge in [0.15, 0.2) is 0 Å². The summed E-state index contributed by atoms with van der Waals surface area (Å²) in [7, 11) is 0. The Hall–Kier alpha value is -1.75. The first kappa shape index (κ1) is 13.2. The van der Waals surface area contributed by atoms with Gasteiger partial charge in [0.2, 0.25) is 5.91 Å². The van der Waals surface area contributed by atoms with Crippen molar-refractivity contribution in [1.29, 1.82) is 0 Å². The molecular weight excluding hydrogens is 270 g/mol. The molecule has 1 aliphatic carbocycles. The molecule has 20 heavy (non-hydrogen) atoms. The molecule has 4 nitrogen and oxygen atoms in total. The van der Waals surface area contributed by atoms with Crippen LogP contribution < -0.4 is 5.32 Å². The van der Waals surface area contributed by atoms with E-state index in [0.29, 0.717) is 12.5 Å². The average molecular weight is 287 g/mol. The molecule has 104 valence electrons. The van der Waals surface area contributed by atoms with E-state index in [2.05, 4.69) is 15.3 Å². The summed E-state index contributed by atoms with van der Waals surface area (Å²) in [6, 6.07) is 6.13. The van der Waals surface area contributed by atoms with Gasteiger partial charge in [-0.25, -0.2) is 4.98 Å². The van der Waals surface area contributed by atoms with Crippen molar-refractivity contribution in [2.45, 2.75) is 38.1 Å². The maximum atomic E-state index is 12.0. The summed E-state index contributed by atoms with van der Waals surface area (Å²) in [5.74, 6) is 0.0785. The minimum absolute atomic E-state index is 0.0785. The lowest BCUT2D eigenvalue weighted by Crippen LogP contribution is -2.33. The molecule has 0 radical (unpaired) electrons. The Bertz CT molecular complexity index is 576. The van der Waals surface area contributed by atoms with Crippen LogP contribution in [0.1, 0.15) is 31.4 Å². The van der Waals surface area contributed by atoms with Crippen LogP contribution >= 0.6 is 11.3 Å². The van der Waals surface area contributed by atoms with E-state index >= 15 is 0 Å². The maximum absolute atomic E-state index is 12.0. The fraction of sp³-hybridized carbons (Fsp3) is 0.400. The van der Waals surface area contributed by atoms with E-state index in [4.69, 9.17) is 0 Å². The largest absolute Gasteiger partial charge is 0.353 e. The van der Waals surface area contributed by atoms with Crippen molar-refractivity contribution in [1.82, 2.24) is 15.3 Å². The molecule has 1 fully saturated rings. The van der Waals surface area contributed by atoms with Gasteiger partial charge < -0.3 is 5.32 Å². The third kappa shape index (κ3) is 3.22. The van der Waals surface area contributed by atoms with E-state index in [9.17, 15) is 4.79 Å². The van der Waals surface area contributed by atoms with Gasteiger partial charge in [-0.05, 0) is 25.0 Å². The van der Waals surface area contributed by atoms with E-state index in [-0.39, 0.29) is 5.91 Å².